The van der Waals surface area contributed by atoms with E-state index < -0.39 is 0 Å². The van der Waals surface area contributed by atoms with Crippen molar-refractivity contribution in [2.45, 2.75) is 31.0 Å². The number of nitrogens with zero attached hydrogens (tertiary/aromatic N) is 1. The lowest BCUT2D eigenvalue weighted by Crippen LogP contribution is -2.27. The predicted octanol–water partition coefficient (Wildman–Crippen LogP) is 5.98. The van der Waals surface area contributed by atoms with Crippen molar-refractivity contribution in [2.24, 2.45) is 0 Å². The molecule has 0 unspecified atom stereocenters. The van der Waals surface area contributed by atoms with Crippen molar-refractivity contribution in [2.75, 3.05) is 6.54 Å². The maximum Gasteiger partial charge on any atom is 0.251 e. The number of benzene rings is 3. The predicted molar refractivity (Wildman–Crippen MR) is 126 cm³/mol. The van der Waals surface area contributed by atoms with E-state index in [0.717, 1.165) is 17.9 Å². The van der Waals surface area contributed by atoms with Crippen molar-refractivity contribution in [3.05, 3.63) is 101 Å². The van der Waals surface area contributed by atoms with Crippen molar-refractivity contribution in [1.29, 1.82) is 0 Å². The third-order valence-electron chi connectivity index (χ3n) is 5.35. The molecule has 1 aromatic heterocycles. The van der Waals surface area contributed by atoms with Crippen LogP contribution in [0.1, 0.15) is 27.0 Å². The van der Waals surface area contributed by atoms with Crippen LogP contribution in [0.3, 0.4) is 0 Å². The van der Waals surface area contributed by atoms with Crippen LogP contribution in [0.5, 0.6) is 0 Å². The molecular formula is C26H26N2OS. The van der Waals surface area contributed by atoms with Gasteiger partial charge in [0.1, 0.15) is 0 Å². The van der Waals surface area contributed by atoms with Gasteiger partial charge < -0.3 is 9.88 Å². The molecular weight excluding hydrogens is 388 g/mol. The average Bonchev–Trinajstić information content (AvgIpc) is 3.11. The fourth-order valence-electron chi connectivity index (χ4n) is 3.54. The molecule has 0 bridgehead atoms. The van der Waals surface area contributed by atoms with Crippen LogP contribution >= 0.6 is 11.8 Å². The van der Waals surface area contributed by atoms with Crippen LogP contribution in [-0.4, -0.2) is 17.0 Å². The van der Waals surface area contributed by atoms with Gasteiger partial charge in [-0.05, 0) is 43.2 Å². The number of hydrogen-bond donors (Lipinski definition) is 1. The number of nitrogens with one attached hydrogen (secondary N) is 1. The van der Waals surface area contributed by atoms with Gasteiger partial charge in [0.2, 0.25) is 0 Å². The minimum atomic E-state index is -0.0272. The standard InChI is InChI=1S/C26H26N2OS/c1-19-11-13-21(14-12-19)26(29)27-15-16-28-17-25(23-9-5-6-10-24(23)28)30-18-22-8-4-3-7-20(22)2/h3-14,17H,15-16,18H2,1-2H3,(H,27,29). The Morgan fingerprint density at radius 2 is 1.67 bits per heavy atom. The Morgan fingerprint density at radius 1 is 0.933 bits per heavy atom. The van der Waals surface area contributed by atoms with E-state index in [2.05, 4.69) is 71.5 Å². The number of para-hydroxylation sites is 1. The summed E-state index contributed by atoms with van der Waals surface area (Å²) in [5.41, 5.74) is 5.75. The highest BCUT2D eigenvalue weighted by atomic mass is 32.2. The number of amides is 1. The molecule has 0 saturated heterocycles. The first-order valence-electron chi connectivity index (χ1n) is 10.2. The molecule has 0 spiro atoms. The molecule has 0 saturated carbocycles. The molecule has 4 aromatic rings. The van der Waals surface area contributed by atoms with E-state index >= 15 is 0 Å². The first-order valence-corrected chi connectivity index (χ1v) is 11.2. The SMILES string of the molecule is Cc1ccc(C(=O)NCCn2cc(SCc3ccccc3C)c3ccccc32)cc1. The highest BCUT2D eigenvalue weighted by Crippen LogP contribution is 2.32. The molecule has 0 aliphatic heterocycles. The highest BCUT2D eigenvalue weighted by molar-refractivity contribution is 7.98. The topological polar surface area (TPSA) is 34.0 Å². The number of hydrogen-bond acceptors (Lipinski definition) is 2. The maximum absolute atomic E-state index is 12.4. The second-order valence-electron chi connectivity index (χ2n) is 7.54. The minimum Gasteiger partial charge on any atom is -0.350 e. The third-order valence-corrected chi connectivity index (χ3v) is 6.44. The monoisotopic (exact) mass is 414 g/mol. The van der Waals surface area contributed by atoms with Gasteiger partial charge in [0, 0.05) is 46.4 Å². The molecule has 0 aliphatic rings. The van der Waals surface area contributed by atoms with Crippen LogP contribution in [0.15, 0.2) is 83.9 Å². The van der Waals surface area contributed by atoms with Crippen molar-refractivity contribution in [3.63, 3.8) is 0 Å². The molecule has 0 atom stereocenters. The Balaban J connectivity index is 1.44. The number of rotatable bonds is 7. The van der Waals surface area contributed by atoms with Crippen molar-refractivity contribution < 1.29 is 4.79 Å². The van der Waals surface area contributed by atoms with E-state index in [1.807, 2.05) is 43.0 Å². The number of aryl methyl sites for hydroxylation is 2. The lowest BCUT2D eigenvalue weighted by Gasteiger charge is -2.08. The van der Waals surface area contributed by atoms with Crippen LogP contribution in [-0.2, 0) is 12.3 Å². The van der Waals surface area contributed by atoms with Gasteiger partial charge in [-0.25, -0.2) is 0 Å². The summed E-state index contributed by atoms with van der Waals surface area (Å²) >= 11 is 1.87. The first kappa shape index (κ1) is 20.3. The molecule has 3 aromatic carbocycles. The molecule has 1 amide bonds. The molecule has 0 radical (unpaired) electrons. The Hall–Kier alpha value is -2.98. The van der Waals surface area contributed by atoms with E-state index in [1.165, 1.54) is 26.9 Å². The van der Waals surface area contributed by atoms with Gasteiger partial charge in [0.15, 0.2) is 0 Å². The number of fused-ring (bicyclic) bond motifs is 1. The minimum absolute atomic E-state index is 0.0272. The molecule has 3 nitrogen and oxygen atoms in total. The zero-order valence-electron chi connectivity index (χ0n) is 17.4. The zero-order chi connectivity index (χ0) is 20.9. The molecule has 0 fully saturated rings. The lowest BCUT2D eigenvalue weighted by molar-refractivity contribution is 0.0952. The summed E-state index contributed by atoms with van der Waals surface area (Å²) in [7, 11) is 0. The van der Waals surface area contributed by atoms with Crippen LogP contribution in [0.2, 0.25) is 0 Å². The molecule has 152 valence electrons. The van der Waals surface area contributed by atoms with E-state index in [4.69, 9.17) is 0 Å². The number of carbonyl (C=O) groups is 1. The van der Waals surface area contributed by atoms with Gasteiger partial charge in [-0.15, -0.1) is 11.8 Å². The average molecular weight is 415 g/mol. The van der Waals surface area contributed by atoms with Gasteiger partial charge in [0.05, 0.1) is 0 Å². The molecule has 1 heterocycles. The Kier molecular flexibility index (Phi) is 6.24. The summed E-state index contributed by atoms with van der Waals surface area (Å²) in [6.45, 7) is 5.51. The summed E-state index contributed by atoms with van der Waals surface area (Å²) in [6, 6.07) is 24.7. The van der Waals surface area contributed by atoms with Crippen LogP contribution < -0.4 is 5.32 Å². The third kappa shape index (κ3) is 4.60. The second-order valence-corrected chi connectivity index (χ2v) is 8.56. The fourth-order valence-corrected chi connectivity index (χ4v) is 4.70. The summed E-state index contributed by atoms with van der Waals surface area (Å²) in [4.78, 5) is 13.7. The smallest absolute Gasteiger partial charge is 0.251 e. The Labute approximate surface area is 182 Å². The van der Waals surface area contributed by atoms with Crippen molar-refractivity contribution in [3.8, 4) is 0 Å². The zero-order valence-corrected chi connectivity index (χ0v) is 18.2. The summed E-state index contributed by atoms with van der Waals surface area (Å²) in [5, 5.41) is 4.30. The molecule has 4 heteroatoms. The van der Waals surface area contributed by atoms with Crippen molar-refractivity contribution >= 4 is 28.6 Å². The van der Waals surface area contributed by atoms with Gasteiger partial charge >= 0.3 is 0 Å². The van der Waals surface area contributed by atoms with Crippen LogP contribution in [0, 0.1) is 13.8 Å². The highest BCUT2D eigenvalue weighted by Gasteiger charge is 2.10. The molecule has 30 heavy (non-hydrogen) atoms. The second kappa shape index (κ2) is 9.23. The maximum atomic E-state index is 12.4. The van der Waals surface area contributed by atoms with Gasteiger partial charge in [0.25, 0.3) is 5.91 Å². The molecule has 4 rings (SSSR count). The van der Waals surface area contributed by atoms with Gasteiger partial charge in [-0.3, -0.25) is 4.79 Å². The van der Waals surface area contributed by atoms with Crippen LogP contribution in [0.4, 0.5) is 0 Å². The first-order chi connectivity index (χ1) is 14.6. The van der Waals surface area contributed by atoms with Crippen LogP contribution in [0.25, 0.3) is 10.9 Å². The quantitative estimate of drug-likeness (QED) is 0.377. The van der Waals surface area contributed by atoms with E-state index in [0.29, 0.717) is 12.1 Å². The summed E-state index contributed by atoms with van der Waals surface area (Å²) < 4.78 is 2.24. The van der Waals surface area contributed by atoms with Crippen molar-refractivity contribution in [1.82, 2.24) is 9.88 Å². The Bertz CT molecular complexity index is 1160. The van der Waals surface area contributed by atoms with E-state index in [9.17, 15) is 4.79 Å². The number of carbonyl (C=O) groups excluding carboxylic acids is 1. The fraction of sp³-hybridized carbons (Fsp3) is 0.192. The molecule has 1 N–H and O–H groups in total. The summed E-state index contributed by atoms with van der Waals surface area (Å²) in [6.07, 6.45) is 2.21. The van der Waals surface area contributed by atoms with Gasteiger partial charge in [-0.1, -0.05) is 60.2 Å². The lowest BCUT2D eigenvalue weighted by atomic mass is 10.1. The normalized spacial score (nSPS) is 11.0. The largest absolute Gasteiger partial charge is 0.350 e. The van der Waals surface area contributed by atoms with E-state index in [-0.39, 0.29) is 5.91 Å². The number of aromatic nitrogens is 1. The molecule has 0 aliphatic carbocycles. The Morgan fingerprint density at radius 3 is 2.47 bits per heavy atom. The van der Waals surface area contributed by atoms with E-state index in [1.54, 1.807) is 0 Å². The van der Waals surface area contributed by atoms with Gasteiger partial charge in [-0.2, -0.15) is 0 Å². The summed E-state index contributed by atoms with van der Waals surface area (Å²) in [5.74, 6) is 0.922. The number of thioether (sulfide) groups is 1.